The summed E-state index contributed by atoms with van der Waals surface area (Å²) in [4.78, 5) is 21.0. The standard InChI is InChI=1S/C19H28BrN3O2/c1-18(2,3)25-17(24)23-12-8-19(9-13-23)6-10-22(11-7-19)16-5-4-15(20)14-21-16/h4-5,14H,6-13H2,1-3H3. The van der Waals surface area contributed by atoms with E-state index in [4.69, 9.17) is 4.74 Å². The topological polar surface area (TPSA) is 45.7 Å². The summed E-state index contributed by atoms with van der Waals surface area (Å²) in [6, 6.07) is 4.12. The lowest BCUT2D eigenvalue weighted by Gasteiger charge is -2.47. The van der Waals surface area contributed by atoms with Crippen molar-refractivity contribution >= 4 is 27.8 Å². The maximum absolute atomic E-state index is 12.2. The molecule has 2 aliphatic heterocycles. The first-order valence-corrected chi connectivity index (χ1v) is 9.90. The van der Waals surface area contributed by atoms with E-state index in [1.54, 1.807) is 0 Å². The first-order valence-electron chi connectivity index (χ1n) is 9.11. The van der Waals surface area contributed by atoms with Crippen molar-refractivity contribution in [2.24, 2.45) is 5.41 Å². The number of ether oxygens (including phenoxy) is 1. The number of amides is 1. The largest absolute Gasteiger partial charge is 0.444 e. The molecule has 0 N–H and O–H groups in total. The van der Waals surface area contributed by atoms with Crippen LogP contribution in [0.4, 0.5) is 10.6 Å². The Balaban J connectivity index is 1.51. The summed E-state index contributed by atoms with van der Waals surface area (Å²) >= 11 is 3.44. The number of hydrogen-bond acceptors (Lipinski definition) is 4. The minimum absolute atomic E-state index is 0.168. The fourth-order valence-corrected chi connectivity index (χ4v) is 3.99. The second-order valence-corrected chi connectivity index (χ2v) is 9.20. The normalized spacial score (nSPS) is 20.6. The van der Waals surface area contributed by atoms with Gasteiger partial charge in [0.25, 0.3) is 0 Å². The Labute approximate surface area is 158 Å². The lowest BCUT2D eigenvalue weighted by Crippen LogP contribution is -2.49. The highest BCUT2D eigenvalue weighted by atomic mass is 79.9. The summed E-state index contributed by atoms with van der Waals surface area (Å²) in [6.07, 6.45) is 6.19. The van der Waals surface area contributed by atoms with Crippen molar-refractivity contribution in [2.75, 3.05) is 31.1 Å². The van der Waals surface area contributed by atoms with Gasteiger partial charge in [0, 0.05) is 36.8 Å². The summed E-state index contributed by atoms with van der Waals surface area (Å²) in [7, 11) is 0. The van der Waals surface area contributed by atoms with Gasteiger partial charge < -0.3 is 14.5 Å². The number of piperidine rings is 2. The van der Waals surface area contributed by atoms with Crippen molar-refractivity contribution in [3.05, 3.63) is 22.8 Å². The predicted octanol–water partition coefficient (Wildman–Crippen LogP) is 4.46. The Morgan fingerprint density at radius 3 is 2.24 bits per heavy atom. The molecule has 1 aromatic heterocycles. The molecule has 6 heteroatoms. The van der Waals surface area contributed by atoms with Crippen molar-refractivity contribution in [1.82, 2.24) is 9.88 Å². The van der Waals surface area contributed by atoms with Crippen LogP contribution in [0.1, 0.15) is 46.5 Å². The molecule has 1 amide bonds. The summed E-state index contributed by atoms with van der Waals surface area (Å²) in [5.41, 5.74) is -0.0421. The molecule has 0 aliphatic carbocycles. The van der Waals surface area contributed by atoms with Gasteiger partial charge in [0.15, 0.2) is 0 Å². The fraction of sp³-hybridized carbons (Fsp3) is 0.684. The van der Waals surface area contributed by atoms with E-state index in [9.17, 15) is 4.79 Å². The van der Waals surface area contributed by atoms with Crippen LogP contribution in [-0.4, -0.2) is 47.8 Å². The number of likely N-dealkylation sites (tertiary alicyclic amines) is 1. The number of hydrogen-bond donors (Lipinski definition) is 0. The molecule has 0 radical (unpaired) electrons. The van der Waals surface area contributed by atoms with Gasteiger partial charge in [-0.2, -0.15) is 0 Å². The smallest absolute Gasteiger partial charge is 0.410 e. The lowest BCUT2D eigenvalue weighted by atomic mass is 9.71. The zero-order chi connectivity index (χ0) is 18.1. The Morgan fingerprint density at radius 2 is 1.72 bits per heavy atom. The zero-order valence-electron chi connectivity index (χ0n) is 15.4. The SMILES string of the molecule is CC(C)(C)OC(=O)N1CCC2(CC1)CCN(c1ccc(Br)cn1)CC2. The quantitative estimate of drug-likeness (QED) is 0.686. The highest BCUT2D eigenvalue weighted by Gasteiger charge is 2.39. The molecule has 1 aromatic rings. The van der Waals surface area contributed by atoms with Gasteiger partial charge in [0.1, 0.15) is 11.4 Å². The van der Waals surface area contributed by atoms with E-state index in [0.717, 1.165) is 49.3 Å². The third kappa shape index (κ3) is 4.66. The van der Waals surface area contributed by atoms with Gasteiger partial charge in [0.2, 0.25) is 0 Å². The highest BCUT2D eigenvalue weighted by Crippen LogP contribution is 2.42. The number of aromatic nitrogens is 1. The van der Waals surface area contributed by atoms with Crippen molar-refractivity contribution in [3.8, 4) is 0 Å². The fourth-order valence-electron chi connectivity index (χ4n) is 3.76. The number of carbonyl (C=O) groups excluding carboxylic acids is 1. The molecule has 1 spiro atoms. The third-order valence-corrected chi connectivity index (χ3v) is 5.80. The van der Waals surface area contributed by atoms with Crippen molar-refractivity contribution in [3.63, 3.8) is 0 Å². The van der Waals surface area contributed by atoms with E-state index in [-0.39, 0.29) is 6.09 Å². The van der Waals surface area contributed by atoms with Gasteiger partial charge in [-0.05, 0) is 79.9 Å². The minimum Gasteiger partial charge on any atom is -0.444 e. The van der Waals surface area contributed by atoms with Crippen LogP contribution < -0.4 is 4.90 Å². The number of anilines is 1. The number of nitrogens with zero attached hydrogens (tertiary/aromatic N) is 3. The van der Waals surface area contributed by atoms with Crippen LogP contribution in [-0.2, 0) is 4.74 Å². The minimum atomic E-state index is -0.421. The molecule has 5 nitrogen and oxygen atoms in total. The van der Waals surface area contributed by atoms with E-state index >= 15 is 0 Å². The van der Waals surface area contributed by atoms with Crippen LogP contribution in [0.5, 0.6) is 0 Å². The Bertz CT molecular complexity index is 594. The number of halogens is 1. The molecule has 2 fully saturated rings. The van der Waals surface area contributed by atoms with Gasteiger partial charge >= 0.3 is 6.09 Å². The second kappa shape index (κ2) is 7.14. The Kier molecular flexibility index (Phi) is 5.28. The summed E-state index contributed by atoms with van der Waals surface area (Å²) < 4.78 is 6.52. The van der Waals surface area contributed by atoms with Crippen molar-refractivity contribution in [1.29, 1.82) is 0 Å². The first-order chi connectivity index (χ1) is 11.8. The van der Waals surface area contributed by atoms with E-state index < -0.39 is 5.60 Å². The molecular weight excluding hydrogens is 382 g/mol. The molecule has 2 saturated heterocycles. The van der Waals surface area contributed by atoms with Gasteiger partial charge in [-0.25, -0.2) is 9.78 Å². The Hall–Kier alpha value is -1.30. The average molecular weight is 410 g/mol. The van der Waals surface area contributed by atoms with E-state index in [1.807, 2.05) is 37.9 Å². The molecule has 0 atom stereocenters. The van der Waals surface area contributed by atoms with E-state index in [0.29, 0.717) is 5.41 Å². The summed E-state index contributed by atoms with van der Waals surface area (Å²) in [5, 5.41) is 0. The maximum Gasteiger partial charge on any atom is 0.410 e. The van der Waals surface area contributed by atoms with Crippen LogP contribution in [0.25, 0.3) is 0 Å². The predicted molar refractivity (Wildman–Crippen MR) is 103 cm³/mol. The monoisotopic (exact) mass is 409 g/mol. The molecule has 0 aromatic carbocycles. The molecular formula is C19H28BrN3O2. The van der Waals surface area contributed by atoms with Gasteiger partial charge in [-0.3, -0.25) is 0 Å². The van der Waals surface area contributed by atoms with Gasteiger partial charge in [-0.15, -0.1) is 0 Å². The molecule has 0 saturated carbocycles. The zero-order valence-corrected chi connectivity index (χ0v) is 17.0. The third-order valence-electron chi connectivity index (χ3n) is 5.34. The molecule has 3 heterocycles. The van der Waals surface area contributed by atoms with Crippen LogP contribution in [0, 0.1) is 5.41 Å². The van der Waals surface area contributed by atoms with Gasteiger partial charge in [0.05, 0.1) is 0 Å². The van der Waals surface area contributed by atoms with Crippen LogP contribution in [0.3, 0.4) is 0 Å². The first kappa shape index (κ1) is 18.5. The molecule has 25 heavy (non-hydrogen) atoms. The molecule has 138 valence electrons. The average Bonchev–Trinajstić information content (AvgIpc) is 2.56. The lowest BCUT2D eigenvalue weighted by molar-refractivity contribution is 0.00664. The maximum atomic E-state index is 12.2. The van der Waals surface area contributed by atoms with E-state index in [1.165, 1.54) is 12.8 Å². The van der Waals surface area contributed by atoms with Crippen LogP contribution in [0.15, 0.2) is 22.8 Å². The van der Waals surface area contributed by atoms with Crippen molar-refractivity contribution < 1.29 is 9.53 Å². The number of rotatable bonds is 1. The number of pyridine rings is 1. The second-order valence-electron chi connectivity index (χ2n) is 8.29. The summed E-state index contributed by atoms with van der Waals surface area (Å²) in [5.74, 6) is 1.06. The molecule has 0 bridgehead atoms. The molecule has 0 unspecified atom stereocenters. The van der Waals surface area contributed by atoms with Crippen LogP contribution in [0.2, 0.25) is 0 Å². The van der Waals surface area contributed by atoms with Gasteiger partial charge in [-0.1, -0.05) is 0 Å². The molecule has 2 aliphatic rings. The Morgan fingerprint density at radius 1 is 1.12 bits per heavy atom. The summed E-state index contributed by atoms with van der Waals surface area (Å²) in [6.45, 7) is 9.46. The number of carbonyl (C=O) groups is 1. The van der Waals surface area contributed by atoms with Crippen molar-refractivity contribution in [2.45, 2.75) is 52.1 Å². The molecule has 3 rings (SSSR count). The highest BCUT2D eigenvalue weighted by molar-refractivity contribution is 9.10. The van der Waals surface area contributed by atoms with E-state index in [2.05, 4.69) is 31.9 Å². The van der Waals surface area contributed by atoms with Crippen LogP contribution >= 0.6 is 15.9 Å².